The molecule has 1 atom stereocenters. The lowest BCUT2D eigenvalue weighted by molar-refractivity contribution is 0.154. The molecule has 22 heavy (non-hydrogen) atoms. The highest BCUT2D eigenvalue weighted by Crippen LogP contribution is 2.17. The van der Waals surface area contributed by atoms with Crippen molar-refractivity contribution in [1.29, 1.82) is 0 Å². The van der Waals surface area contributed by atoms with Crippen LogP contribution in [-0.4, -0.2) is 30.8 Å². The highest BCUT2D eigenvalue weighted by Gasteiger charge is 2.16. The van der Waals surface area contributed by atoms with E-state index in [9.17, 15) is 8.42 Å². The van der Waals surface area contributed by atoms with Crippen molar-refractivity contribution in [2.75, 3.05) is 6.61 Å². The van der Waals surface area contributed by atoms with Crippen molar-refractivity contribution in [2.45, 2.75) is 96.5 Å². The van der Waals surface area contributed by atoms with E-state index < -0.39 is 16.5 Å². The van der Waals surface area contributed by atoms with E-state index in [4.69, 9.17) is 13.8 Å². The summed E-state index contributed by atoms with van der Waals surface area (Å²) in [4.78, 5) is 0. The Balaban J connectivity index is 3.69. The van der Waals surface area contributed by atoms with Gasteiger partial charge in [-0.1, -0.05) is 64.7 Å². The van der Waals surface area contributed by atoms with E-state index in [1.54, 1.807) is 0 Å². The Bertz CT molecular complexity index is 329. The van der Waals surface area contributed by atoms with Gasteiger partial charge in [0.25, 0.3) is 0 Å². The molecule has 0 amide bonds. The molecule has 0 aromatic carbocycles. The molecule has 0 aliphatic heterocycles. The number of unbranched alkanes of at least 4 members (excludes halogenated alkanes) is 9. The molecule has 0 aliphatic rings. The molecule has 2 N–H and O–H groups in total. The van der Waals surface area contributed by atoms with Crippen LogP contribution < -0.4 is 0 Å². The van der Waals surface area contributed by atoms with Gasteiger partial charge in [0.2, 0.25) is 0 Å². The van der Waals surface area contributed by atoms with Crippen molar-refractivity contribution >= 4 is 10.4 Å². The molecule has 6 heteroatoms. The van der Waals surface area contributed by atoms with Gasteiger partial charge < -0.3 is 5.11 Å². The maximum Gasteiger partial charge on any atom is 0.397 e. The van der Waals surface area contributed by atoms with Crippen LogP contribution in [0, 0.1) is 0 Å². The maximum absolute atomic E-state index is 10.8. The molecule has 0 aliphatic carbocycles. The Labute approximate surface area is 136 Å². The first-order valence-electron chi connectivity index (χ1n) is 8.76. The van der Waals surface area contributed by atoms with Gasteiger partial charge in [0.15, 0.2) is 0 Å². The first kappa shape index (κ1) is 21.8. The summed E-state index contributed by atoms with van der Waals surface area (Å²) in [6.45, 7) is 2.31. The van der Waals surface area contributed by atoms with E-state index in [1.807, 2.05) is 0 Å². The van der Waals surface area contributed by atoms with Crippen LogP contribution in [0.2, 0.25) is 0 Å². The van der Waals surface area contributed by atoms with Crippen LogP contribution in [0.5, 0.6) is 0 Å². The fraction of sp³-hybridized carbons (Fsp3) is 1.00. The van der Waals surface area contributed by atoms with E-state index in [1.165, 1.54) is 44.9 Å². The second kappa shape index (κ2) is 14.4. The molecule has 0 saturated carbocycles. The molecule has 0 aromatic rings. The van der Waals surface area contributed by atoms with Crippen molar-refractivity contribution in [3.63, 3.8) is 0 Å². The lowest BCUT2D eigenvalue weighted by Gasteiger charge is -2.15. The summed E-state index contributed by atoms with van der Waals surface area (Å²) >= 11 is 0. The van der Waals surface area contributed by atoms with Crippen LogP contribution in [0.4, 0.5) is 0 Å². The zero-order valence-corrected chi connectivity index (χ0v) is 14.8. The van der Waals surface area contributed by atoms with Crippen LogP contribution >= 0.6 is 0 Å². The number of aliphatic hydroxyl groups is 1. The predicted octanol–water partition coefficient (Wildman–Crippen LogP) is 4.26. The zero-order chi connectivity index (χ0) is 16.7. The third-order valence-electron chi connectivity index (χ3n) is 3.82. The quantitative estimate of drug-likeness (QED) is 0.324. The molecule has 0 heterocycles. The van der Waals surface area contributed by atoms with Crippen molar-refractivity contribution in [3.8, 4) is 0 Å². The third-order valence-corrected chi connectivity index (χ3v) is 4.34. The second-order valence-corrected chi connectivity index (χ2v) is 7.03. The van der Waals surface area contributed by atoms with Gasteiger partial charge in [0, 0.05) is 6.61 Å². The number of aliphatic hydroxyl groups excluding tert-OH is 1. The van der Waals surface area contributed by atoms with Gasteiger partial charge >= 0.3 is 10.4 Å². The van der Waals surface area contributed by atoms with E-state index >= 15 is 0 Å². The first-order chi connectivity index (χ1) is 10.5. The van der Waals surface area contributed by atoms with Crippen LogP contribution in [0.1, 0.15) is 90.4 Å². The fourth-order valence-electron chi connectivity index (χ4n) is 2.58. The molecule has 5 nitrogen and oxygen atoms in total. The fourth-order valence-corrected chi connectivity index (χ4v) is 3.12. The number of hydrogen-bond acceptors (Lipinski definition) is 4. The molecule has 0 fully saturated rings. The molecule has 0 bridgehead atoms. The summed E-state index contributed by atoms with van der Waals surface area (Å²) in [7, 11) is -4.38. The van der Waals surface area contributed by atoms with Gasteiger partial charge in [-0.3, -0.25) is 4.55 Å². The topological polar surface area (TPSA) is 83.8 Å². The molecule has 0 spiro atoms. The van der Waals surface area contributed by atoms with Gasteiger partial charge in [-0.25, -0.2) is 4.18 Å². The van der Waals surface area contributed by atoms with Crippen LogP contribution in [-0.2, 0) is 14.6 Å². The summed E-state index contributed by atoms with van der Waals surface area (Å²) in [6.07, 6.45) is 12.9. The molecule has 0 saturated heterocycles. The van der Waals surface area contributed by atoms with Gasteiger partial charge in [-0.2, -0.15) is 8.42 Å². The Morgan fingerprint density at radius 2 is 1.27 bits per heavy atom. The summed E-state index contributed by atoms with van der Waals surface area (Å²) in [5, 5.41) is 8.75. The van der Waals surface area contributed by atoms with Gasteiger partial charge in [-0.15, -0.1) is 0 Å². The molecular formula is C16H34O5S. The molecular weight excluding hydrogens is 304 g/mol. The number of rotatable bonds is 16. The standard InChI is InChI=1S/C16H34O5S/c1-2-3-4-5-6-7-8-9-10-13-16(14-11-12-15-17)21-22(18,19)20/h16-17H,2-15H2,1H3,(H,18,19,20). The zero-order valence-electron chi connectivity index (χ0n) is 14.0. The highest BCUT2D eigenvalue weighted by atomic mass is 32.3. The lowest BCUT2D eigenvalue weighted by Crippen LogP contribution is -2.18. The predicted molar refractivity (Wildman–Crippen MR) is 89.2 cm³/mol. The minimum absolute atomic E-state index is 0.0939. The van der Waals surface area contributed by atoms with Crippen molar-refractivity contribution in [1.82, 2.24) is 0 Å². The van der Waals surface area contributed by atoms with Crippen LogP contribution in [0.15, 0.2) is 0 Å². The summed E-state index contributed by atoms with van der Waals surface area (Å²) < 4.78 is 35.1. The lowest BCUT2D eigenvalue weighted by atomic mass is 10.0. The molecule has 0 aromatic heterocycles. The Morgan fingerprint density at radius 3 is 1.73 bits per heavy atom. The SMILES string of the molecule is CCCCCCCCCCCC(CCCCO)OS(=O)(=O)O. The molecule has 1 unspecified atom stereocenters. The molecule has 0 radical (unpaired) electrons. The van der Waals surface area contributed by atoms with Crippen molar-refractivity contribution in [3.05, 3.63) is 0 Å². The van der Waals surface area contributed by atoms with E-state index in [0.717, 1.165) is 12.8 Å². The van der Waals surface area contributed by atoms with Crippen LogP contribution in [0.3, 0.4) is 0 Å². The summed E-state index contributed by atoms with van der Waals surface area (Å²) in [5.41, 5.74) is 0. The molecule has 0 rings (SSSR count). The highest BCUT2D eigenvalue weighted by molar-refractivity contribution is 7.80. The minimum atomic E-state index is -4.38. The Kier molecular flexibility index (Phi) is 14.3. The Hall–Kier alpha value is -0.170. The summed E-state index contributed by atoms with van der Waals surface area (Å²) in [6, 6.07) is 0. The monoisotopic (exact) mass is 338 g/mol. The largest absolute Gasteiger partial charge is 0.397 e. The van der Waals surface area contributed by atoms with Crippen molar-refractivity contribution in [2.24, 2.45) is 0 Å². The smallest absolute Gasteiger partial charge is 0.396 e. The number of hydrogen-bond donors (Lipinski definition) is 2. The van der Waals surface area contributed by atoms with Crippen molar-refractivity contribution < 1.29 is 22.3 Å². The van der Waals surface area contributed by atoms with Gasteiger partial charge in [-0.05, 0) is 25.7 Å². The van der Waals surface area contributed by atoms with Gasteiger partial charge in [0.05, 0.1) is 6.10 Å². The van der Waals surface area contributed by atoms with Gasteiger partial charge in [0.1, 0.15) is 0 Å². The summed E-state index contributed by atoms with van der Waals surface area (Å²) in [5.74, 6) is 0. The average Bonchev–Trinajstić information content (AvgIpc) is 2.44. The van der Waals surface area contributed by atoms with E-state index in [2.05, 4.69) is 6.92 Å². The third kappa shape index (κ3) is 16.2. The first-order valence-corrected chi connectivity index (χ1v) is 10.1. The maximum atomic E-state index is 10.8. The van der Waals surface area contributed by atoms with E-state index in [-0.39, 0.29) is 6.61 Å². The Morgan fingerprint density at radius 1 is 0.818 bits per heavy atom. The minimum Gasteiger partial charge on any atom is -0.396 e. The second-order valence-electron chi connectivity index (χ2n) is 5.98. The van der Waals surface area contributed by atoms with E-state index in [0.29, 0.717) is 25.7 Å². The molecule has 134 valence electrons. The van der Waals surface area contributed by atoms with Crippen LogP contribution in [0.25, 0.3) is 0 Å². The normalized spacial score (nSPS) is 13.4. The average molecular weight is 339 g/mol.